The average Bonchev–Trinajstić information content (AvgIpc) is 4.20. The van der Waals surface area contributed by atoms with Crippen LogP contribution in [0.2, 0.25) is 10.0 Å². The molecule has 4 saturated heterocycles. The predicted molar refractivity (Wildman–Crippen MR) is 252 cm³/mol. The highest BCUT2D eigenvalue weighted by Gasteiger charge is 2.50. The van der Waals surface area contributed by atoms with Crippen molar-refractivity contribution in [3.05, 3.63) is 153 Å². The lowest BCUT2D eigenvalue weighted by molar-refractivity contribution is -0.904. The number of ether oxygens (including phenoxy) is 4. The zero-order valence-corrected chi connectivity index (χ0v) is 39.8. The fourth-order valence-corrected chi connectivity index (χ4v) is 10.8. The Bertz CT molecular complexity index is 2650. The van der Waals surface area contributed by atoms with E-state index in [9.17, 15) is 33.5 Å². The van der Waals surface area contributed by atoms with Crippen LogP contribution >= 0.6 is 23.2 Å². The van der Waals surface area contributed by atoms with Crippen LogP contribution < -0.4 is 29.4 Å². The second-order valence-electron chi connectivity index (χ2n) is 18.7. The van der Waals surface area contributed by atoms with Crippen molar-refractivity contribution < 1.29 is 57.2 Å². The van der Waals surface area contributed by atoms with Gasteiger partial charge in [-0.2, -0.15) is 8.78 Å². The molecule has 1 aromatic heterocycles. The maximum atomic E-state index is 14.8. The van der Waals surface area contributed by atoms with E-state index in [1.54, 1.807) is 24.3 Å². The number of likely N-dealkylation sites (tertiary alicyclic amines) is 1. The van der Waals surface area contributed by atoms with Gasteiger partial charge < -0.3 is 39.1 Å². The predicted octanol–water partition coefficient (Wildman–Crippen LogP) is 8.54. The number of amides is 2. The van der Waals surface area contributed by atoms with Crippen LogP contribution in [0, 0.1) is 11.8 Å². The number of fused-ring (bicyclic) bond motifs is 3. The van der Waals surface area contributed by atoms with Gasteiger partial charge in [-0.15, -0.1) is 0 Å². The molecule has 4 aliphatic heterocycles. The Morgan fingerprint density at radius 2 is 1.56 bits per heavy atom. The van der Waals surface area contributed by atoms with Crippen LogP contribution in [0.4, 0.5) is 13.6 Å². The number of hydrogen-bond acceptors (Lipinski definition) is 10. The highest BCUT2D eigenvalue weighted by molar-refractivity contribution is 6.35. The summed E-state index contributed by atoms with van der Waals surface area (Å²) in [6.45, 7) is 0.100. The molecular formula is C53H54Cl2F2N4O9. The number of carboxylic acid groups (broad SMARTS) is 1. The molecule has 2 amide bonds. The molecule has 0 radical (unpaired) electrons. The number of pyridine rings is 1. The third kappa shape index (κ3) is 11.1. The molecule has 368 valence electrons. The minimum Gasteiger partial charge on any atom is -0.548 e. The van der Waals surface area contributed by atoms with E-state index < -0.39 is 42.1 Å². The summed E-state index contributed by atoms with van der Waals surface area (Å²) in [5.41, 5.74) is 1.22. The zero-order chi connectivity index (χ0) is 48.9. The molecule has 17 heteroatoms. The molecule has 10 rings (SSSR count). The minimum absolute atomic E-state index is 0.00730. The number of benzene rings is 4. The van der Waals surface area contributed by atoms with E-state index in [0.29, 0.717) is 34.8 Å². The number of piperidine rings is 4. The van der Waals surface area contributed by atoms with E-state index in [1.807, 2.05) is 54.6 Å². The molecule has 1 aliphatic carbocycles. The molecule has 13 nitrogen and oxygen atoms in total. The number of hydrogen-bond donors (Lipinski definition) is 2. The van der Waals surface area contributed by atoms with Crippen LogP contribution in [0.5, 0.6) is 17.2 Å². The van der Waals surface area contributed by atoms with Crippen LogP contribution in [-0.4, -0.2) is 84.0 Å². The van der Waals surface area contributed by atoms with Gasteiger partial charge in [0.25, 0.3) is 5.91 Å². The van der Waals surface area contributed by atoms with Gasteiger partial charge in [0.15, 0.2) is 11.5 Å². The van der Waals surface area contributed by atoms with Crippen molar-refractivity contribution in [2.45, 2.75) is 88.2 Å². The molecule has 4 atom stereocenters. The SMILES string of the molecule is O=C(N[C@@H](c1ccccc1)c1cccc(OCc2ccc(C(=O)N3CCCC[C@@]3(C(=O)[O-])[C@@H](Cc3c(Cl)c[n+](O)cc3Cl)c3ccc(OC(F)F)c(OCC4CC4)c3)cc2)c1)O[C@H]1CN2CCC1CC2. The summed E-state index contributed by atoms with van der Waals surface area (Å²) in [4.78, 5) is 45.8. The van der Waals surface area contributed by atoms with E-state index in [-0.39, 0.29) is 77.3 Å². The van der Waals surface area contributed by atoms with Gasteiger partial charge in [-0.1, -0.05) is 83.9 Å². The van der Waals surface area contributed by atoms with Crippen LogP contribution in [0.1, 0.15) is 95.1 Å². The second-order valence-corrected chi connectivity index (χ2v) is 19.5. The lowest BCUT2D eigenvalue weighted by atomic mass is 9.70. The number of alkyl halides is 2. The lowest BCUT2D eigenvalue weighted by Gasteiger charge is -2.52. The summed E-state index contributed by atoms with van der Waals surface area (Å²) < 4.78 is 51.0. The number of carbonyl (C=O) groups excluding carboxylic acids is 3. The van der Waals surface area contributed by atoms with Crippen molar-refractivity contribution >= 4 is 41.2 Å². The number of nitrogens with one attached hydrogen (secondary N) is 1. The standard InChI is InChI=1S/C53H54Cl2F2N4O9/c54-43-28-60(66)29-44(55)41(43)27-42(38-17-18-45(69-51(56)57)46(26-38)68-32-33-11-12-33)53(50(63)64)21-4-5-22-61(53)49(62)37-15-13-34(14-16-37)31-67-40-10-6-9-39(25-40)48(36-7-2-1-3-8-36)58-52(65)70-47-30-59-23-19-35(47)20-24-59/h1-3,6-10,13-18,25-26,28-29,33,35,42,47-48,51H,4-5,11-12,19-24,27,30-32H2,(H2-,58,63,64,65,66)/t42-,47-,48-,53-/m0/s1. The quantitative estimate of drug-likeness (QED) is 0.0645. The molecule has 0 spiro atoms. The van der Waals surface area contributed by atoms with Crippen molar-refractivity contribution in [3.63, 3.8) is 0 Å². The van der Waals surface area contributed by atoms with Crippen LogP contribution in [0.15, 0.2) is 109 Å². The fourth-order valence-electron chi connectivity index (χ4n) is 10.2. The first-order valence-corrected chi connectivity index (χ1v) is 24.5. The topological polar surface area (TPSA) is 154 Å². The highest BCUT2D eigenvalue weighted by Crippen LogP contribution is 2.47. The van der Waals surface area contributed by atoms with Gasteiger partial charge in [0, 0.05) is 34.9 Å². The van der Waals surface area contributed by atoms with Crippen LogP contribution in [0.25, 0.3) is 0 Å². The maximum absolute atomic E-state index is 14.8. The summed E-state index contributed by atoms with van der Waals surface area (Å²) in [7, 11) is 0. The number of rotatable bonds is 18. The highest BCUT2D eigenvalue weighted by atomic mass is 35.5. The Labute approximate surface area is 414 Å². The molecule has 5 fully saturated rings. The van der Waals surface area contributed by atoms with Gasteiger partial charge in [0.05, 0.1) is 24.2 Å². The Kier molecular flexibility index (Phi) is 15.0. The number of nitrogens with zero attached hydrogens (tertiary/aromatic N) is 3. The molecule has 2 N–H and O–H groups in total. The molecule has 5 aromatic rings. The van der Waals surface area contributed by atoms with E-state index in [2.05, 4.69) is 10.2 Å². The van der Waals surface area contributed by atoms with Gasteiger partial charge in [0.2, 0.25) is 12.4 Å². The Balaban J connectivity index is 0.954. The molecule has 5 heterocycles. The number of carboxylic acids is 1. The number of halogens is 4. The molecule has 70 heavy (non-hydrogen) atoms. The Morgan fingerprint density at radius 3 is 2.23 bits per heavy atom. The normalized spacial score (nSPS) is 21.7. The molecular weight excluding hydrogens is 946 g/mol. The minimum atomic E-state index is -3.15. The molecule has 1 saturated carbocycles. The monoisotopic (exact) mass is 998 g/mol. The van der Waals surface area contributed by atoms with Crippen molar-refractivity contribution in [3.8, 4) is 17.2 Å². The van der Waals surface area contributed by atoms with Gasteiger partial charge >= 0.3 is 12.7 Å². The third-order valence-corrected chi connectivity index (χ3v) is 14.8. The zero-order valence-electron chi connectivity index (χ0n) is 38.3. The number of aromatic nitrogens is 1. The first-order valence-electron chi connectivity index (χ1n) is 23.7. The van der Waals surface area contributed by atoms with Crippen LogP contribution in [0.3, 0.4) is 0 Å². The average molecular weight is 1000 g/mol. The second kappa shape index (κ2) is 21.5. The largest absolute Gasteiger partial charge is 0.548 e. The lowest BCUT2D eigenvalue weighted by Crippen LogP contribution is -2.66. The third-order valence-electron chi connectivity index (χ3n) is 14.1. The number of carbonyl (C=O) groups is 3. The number of aliphatic carboxylic acids is 1. The molecule has 5 aliphatic rings. The summed E-state index contributed by atoms with van der Waals surface area (Å²) >= 11 is 13.3. The summed E-state index contributed by atoms with van der Waals surface area (Å²) in [6.07, 6.45) is 6.41. The molecule has 4 aromatic carbocycles. The van der Waals surface area contributed by atoms with E-state index in [1.165, 1.54) is 35.5 Å². The maximum Gasteiger partial charge on any atom is 0.408 e. The molecule has 2 bridgehead atoms. The number of alkyl carbamates (subject to hydrolysis) is 1. The first-order chi connectivity index (χ1) is 33.8. The fraction of sp³-hybridized carbons (Fsp3) is 0.396. The van der Waals surface area contributed by atoms with Gasteiger partial charge in [0.1, 0.15) is 28.5 Å². The Morgan fingerprint density at radius 1 is 0.829 bits per heavy atom. The van der Waals surface area contributed by atoms with Gasteiger partial charge in [-0.05, 0) is 135 Å². The first kappa shape index (κ1) is 48.8. The van der Waals surface area contributed by atoms with E-state index in [0.717, 1.165) is 62.0 Å². The van der Waals surface area contributed by atoms with Gasteiger partial charge in [-0.25, -0.2) is 4.79 Å². The summed E-state index contributed by atoms with van der Waals surface area (Å²) in [6, 6.07) is 27.5. The van der Waals surface area contributed by atoms with E-state index in [4.69, 9.17) is 42.1 Å². The van der Waals surface area contributed by atoms with Gasteiger partial charge in [-0.3, -0.25) is 14.9 Å². The molecule has 0 unspecified atom stereocenters. The Hall–Kier alpha value is -6.16. The van der Waals surface area contributed by atoms with Crippen LogP contribution in [-0.2, 0) is 22.6 Å². The summed E-state index contributed by atoms with van der Waals surface area (Å²) in [5.74, 6) is -2.29. The van der Waals surface area contributed by atoms with Crippen molar-refractivity contribution in [1.82, 2.24) is 15.1 Å². The van der Waals surface area contributed by atoms with Crippen molar-refractivity contribution in [2.24, 2.45) is 11.8 Å². The van der Waals surface area contributed by atoms with Crippen molar-refractivity contribution in [2.75, 3.05) is 32.8 Å². The van der Waals surface area contributed by atoms with E-state index >= 15 is 0 Å². The summed E-state index contributed by atoms with van der Waals surface area (Å²) in [5, 5.41) is 27.3. The smallest absolute Gasteiger partial charge is 0.408 e. The van der Waals surface area contributed by atoms with Crippen molar-refractivity contribution in [1.29, 1.82) is 0 Å².